The molecule has 1 aromatic rings. The summed E-state index contributed by atoms with van der Waals surface area (Å²) in [7, 11) is -2.20. The molecular weight excluding hydrogens is 356 g/mol. The van der Waals surface area contributed by atoms with E-state index in [1.807, 2.05) is 4.90 Å². The molecule has 0 bridgehead atoms. The van der Waals surface area contributed by atoms with E-state index in [0.29, 0.717) is 16.4 Å². The average Bonchev–Trinajstić information content (AvgIpc) is 2.98. The maximum absolute atomic E-state index is 12.7. The van der Waals surface area contributed by atoms with Gasteiger partial charge in [-0.2, -0.15) is 4.31 Å². The van der Waals surface area contributed by atoms with E-state index in [1.54, 1.807) is 6.07 Å². The fourth-order valence-corrected chi connectivity index (χ4v) is 6.00. The van der Waals surface area contributed by atoms with Crippen molar-refractivity contribution >= 4 is 38.9 Å². The third kappa shape index (κ3) is 3.73. The highest BCUT2D eigenvalue weighted by atomic mass is 35.5. The molecular formula is C15H21ClN2O3S2. The second kappa shape index (κ2) is 6.70. The number of amides is 1. The summed E-state index contributed by atoms with van der Waals surface area (Å²) in [5.74, 6) is -0.0758. The predicted molar refractivity (Wildman–Crippen MR) is 91.3 cm³/mol. The van der Waals surface area contributed by atoms with Gasteiger partial charge in [0.15, 0.2) is 0 Å². The lowest BCUT2D eigenvalue weighted by atomic mass is 10.2. The van der Waals surface area contributed by atoms with Gasteiger partial charge in [-0.1, -0.05) is 24.4 Å². The number of carbonyl (C=O) groups is 1. The molecule has 1 aromatic heterocycles. The van der Waals surface area contributed by atoms with E-state index in [-0.39, 0.29) is 16.7 Å². The minimum absolute atomic E-state index is 0.0758. The molecule has 2 fully saturated rings. The van der Waals surface area contributed by atoms with Gasteiger partial charge in [0.25, 0.3) is 10.0 Å². The van der Waals surface area contributed by atoms with Crippen molar-refractivity contribution in [1.82, 2.24) is 9.21 Å². The summed E-state index contributed by atoms with van der Waals surface area (Å²) in [6, 6.07) is 3.66. The van der Waals surface area contributed by atoms with Crippen LogP contribution in [0.15, 0.2) is 16.3 Å². The van der Waals surface area contributed by atoms with Gasteiger partial charge in [-0.3, -0.25) is 4.79 Å². The van der Waals surface area contributed by atoms with Gasteiger partial charge in [-0.05, 0) is 37.8 Å². The van der Waals surface area contributed by atoms with Gasteiger partial charge in [0, 0.05) is 19.1 Å². The van der Waals surface area contributed by atoms with Crippen molar-refractivity contribution in [2.45, 2.75) is 54.8 Å². The number of hydrogen-bond donors (Lipinski definition) is 0. The number of rotatable bonds is 6. The smallest absolute Gasteiger partial charge is 0.252 e. The van der Waals surface area contributed by atoms with Gasteiger partial charge in [-0.25, -0.2) is 8.42 Å². The van der Waals surface area contributed by atoms with Gasteiger partial charge in [-0.15, -0.1) is 11.3 Å². The number of hydrogen-bond acceptors (Lipinski definition) is 4. The summed E-state index contributed by atoms with van der Waals surface area (Å²) in [4.78, 5) is 14.7. The molecule has 2 saturated carbocycles. The first kappa shape index (κ1) is 17.2. The molecule has 2 aliphatic rings. The van der Waals surface area contributed by atoms with E-state index in [0.717, 1.165) is 54.2 Å². The first-order valence-corrected chi connectivity index (χ1v) is 10.6. The largest absolute Gasteiger partial charge is 0.336 e. The molecule has 8 heteroatoms. The standard InChI is InChI=1S/C15H21ClN2O3S2/c1-17(23(20,21)15-9-8-13(16)22-15)10-14(19)18(12-6-7-12)11-4-2-3-5-11/h8-9,11-12H,2-7,10H2,1H3. The summed E-state index contributed by atoms with van der Waals surface area (Å²) in [5.41, 5.74) is 0. The molecule has 1 heterocycles. The van der Waals surface area contributed by atoms with Gasteiger partial charge in [0.1, 0.15) is 4.21 Å². The van der Waals surface area contributed by atoms with E-state index < -0.39 is 10.0 Å². The Morgan fingerprint density at radius 3 is 2.35 bits per heavy atom. The molecule has 0 N–H and O–H groups in total. The van der Waals surface area contributed by atoms with Crippen molar-refractivity contribution < 1.29 is 13.2 Å². The van der Waals surface area contributed by atoms with Crippen LogP contribution in [0.4, 0.5) is 0 Å². The van der Waals surface area contributed by atoms with E-state index >= 15 is 0 Å². The number of carbonyl (C=O) groups excluding carboxylic acids is 1. The molecule has 0 unspecified atom stereocenters. The van der Waals surface area contributed by atoms with E-state index in [9.17, 15) is 13.2 Å². The average molecular weight is 377 g/mol. The Hall–Kier alpha value is -0.630. The van der Waals surface area contributed by atoms with Gasteiger partial charge >= 0.3 is 0 Å². The maximum Gasteiger partial charge on any atom is 0.252 e. The molecule has 5 nitrogen and oxygen atoms in total. The zero-order valence-electron chi connectivity index (χ0n) is 13.1. The number of nitrogens with zero attached hydrogens (tertiary/aromatic N) is 2. The zero-order chi connectivity index (χ0) is 16.6. The highest BCUT2D eigenvalue weighted by Crippen LogP contribution is 2.35. The zero-order valence-corrected chi connectivity index (χ0v) is 15.5. The molecule has 3 rings (SSSR count). The van der Waals surface area contributed by atoms with Crippen LogP contribution in [0.25, 0.3) is 0 Å². The normalized spacial score (nSPS) is 19.4. The maximum atomic E-state index is 12.7. The van der Waals surface area contributed by atoms with Crippen molar-refractivity contribution in [2.24, 2.45) is 0 Å². The fraction of sp³-hybridized carbons (Fsp3) is 0.667. The Kier molecular flexibility index (Phi) is 5.01. The Morgan fingerprint density at radius 1 is 1.22 bits per heavy atom. The van der Waals surface area contributed by atoms with Gasteiger partial charge in [0.05, 0.1) is 10.9 Å². The van der Waals surface area contributed by atoms with Gasteiger partial charge < -0.3 is 4.90 Å². The van der Waals surface area contributed by atoms with E-state index in [2.05, 4.69) is 0 Å². The first-order chi connectivity index (χ1) is 10.9. The molecule has 0 radical (unpaired) electrons. The minimum Gasteiger partial charge on any atom is -0.336 e. The molecule has 1 amide bonds. The highest BCUT2D eigenvalue weighted by Gasteiger charge is 2.39. The molecule has 2 aliphatic carbocycles. The number of likely N-dealkylation sites (N-methyl/N-ethyl adjacent to an activating group) is 1. The summed E-state index contributed by atoms with van der Waals surface area (Å²) in [6.45, 7) is -0.106. The Balaban J connectivity index is 1.70. The quantitative estimate of drug-likeness (QED) is 0.766. The molecule has 128 valence electrons. The molecule has 0 spiro atoms. The molecule has 0 aromatic carbocycles. The van der Waals surface area contributed by atoms with E-state index in [4.69, 9.17) is 11.6 Å². The Bertz CT molecular complexity index is 679. The SMILES string of the molecule is CN(CC(=O)N(C1CCCC1)C1CC1)S(=O)(=O)c1ccc(Cl)s1. The van der Waals surface area contributed by atoms with Gasteiger partial charge in [0.2, 0.25) is 5.91 Å². The molecule has 0 aliphatic heterocycles. The third-order valence-corrected chi connectivity index (χ3v) is 8.02. The number of thiophene rings is 1. The van der Waals surface area contributed by atoms with Crippen molar-refractivity contribution in [3.8, 4) is 0 Å². The Labute approximate surface area is 146 Å². The second-order valence-electron chi connectivity index (χ2n) is 6.29. The van der Waals surface area contributed by atoms with Crippen molar-refractivity contribution in [1.29, 1.82) is 0 Å². The number of halogens is 1. The van der Waals surface area contributed by atoms with Crippen LogP contribution in [-0.4, -0.2) is 49.2 Å². The predicted octanol–water partition coefficient (Wildman–Crippen LogP) is 2.96. The topological polar surface area (TPSA) is 57.7 Å². The van der Waals surface area contributed by atoms with Crippen LogP contribution in [-0.2, 0) is 14.8 Å². The third-order valence-electron chi connectivity index (χ3n) is 4.52. The summed E-state index contributed by atoms with van der Waals surface area (Å²) in [5, 5.41) is 0. The fourth-order valence-electron chi connectivity index (χ4n) is 3.19. The van der Waals surface area contributed by atoms with Crippen molar-refractivity contribution in [2.75, 3.05) is 13.6 Å². The van der Waals surface area contributed by atoms with Crippen LogP contribution in [0.5, 0.6) is 0 Å². The lowest BCUT2D eigenvalue weighted by molar-refractivity contribution is -0.134. The second-order valence-corrected chi connectivity index (χ2v) is 10.3. The highest BCUT2D eigenvalue weighted by molar-refractivity contribution is 7.91. The molecule has 0 atom stereocenters. The van der Waals surface area contributed by atoms with Crippen LogP contribution in [0.2, 0.25) is 4.34 Å². The first-order valence-electron chi connectivity index (χ1n) is 7.92. The summed E-state index contributed by atoms with van der Waals surface area (Å²) in [6.07, 6.45) is 6.48. The summed E-state index contributed by atoms with van der Waals surface area (Å²) >= 11 is 6.84. The van der Waals surface area contributed by atoms with Crippen LogP contribution in [0, 0.1) is 0 Å². The molecule has 0 saturated heterocycles. The summed E-state index contributed by atoms with van der Waals surface area (Å²) < 4.78 is 26.8. The lowest BCUT2D eigenvalue weighted by Gasteiger charge is -2.30. The van der Waals surface area contributed by atoms with Crippen molar-refractivity contribution in [3.05, 3.63) is 16.5 Å². The lowest BCUT2D eigenvalue weighted by Crippen LogP contribution is -2.46. The molecule has 23 heavy (non-hydrogen) atoms. The minimum atomic E-state index is -3.66. The Morgan fingerprint density at radius 2 is 1.83 bits per heavy atom. The number of sulfonamides is 1. The van der Waals surface area contributed by atoms with Crippen LogP contribution >= 0.6 is 22.9 Å². The van der Waals surface area contributed by atoms with Crippen LogP contribution < -0.4 is 0 Å². The van der Waals surface area contributed by atoms with E-state index in [1.165, 1.54) is 13.1 Å². The van der Waals surface area contributed by atoms with Crippen molar-refractivity contribution in [3.63, 3.8) is 0 Å². The van der Waals surface area contributed by atoms with Crippen LogP contribution in [0.1, 0.15) is 38.5 Å². The van der Waals surface area contributed by atoms with Crippen LogP contribution in [0.3, 0.4) is 0 Å². The monoisotopic (exact) mass is 376 g/mol.